The van der Waals surface area contributed by atoms with Gasteiger partial charge in [-0.05, 0) is 87.9 Å². The van der Waals surface area contributed by atoms with Crippen LogP contribution in [0.1, 0.15) is 49.8 Å². The molecule has 0 heterocycles. The van der Waals surface area contributed by atoms with Crippen molar-refractivity contribution in [2.24, 2.45) is 5.16 Å². The summed E-state index contributed by atoms with van der Waals surface area (Å²) < 4.78 is 23.3. The van der Waals surface area contributed by atoms with E-state index < -0.39 is 0 Å². The Hall–Kier alpha value is -2.99. The van der Waals surface area contributed by atoms with Crippen molar-refractivity contribution in [1.82, 2.24) is 0 Å². The standard InChI is InChI=1S/C28H39NO5/c1-6-7-16-32-27-18-22(2)28(23(3)19-27)33-17-10-8-9-15-31-21-25-11-13-26(14-12-25)34-20-24(4)29-30-5/h6-7,11-14,18-19H,8-10,15-17,20-21H2,1-5H3/b7-6+,29-24?. The second-order valence-corrected chi connectivity index (χ2v) is 8.17. The van der Waals surface area contributed by atoms with Crippen LogP contribution in [0.4, 0.5) is 0 Å². The van der Waals surface area contributed by atoms with Crippen LogP contribution >= 0.6 is 0 Å². The van der Waals surface area contributed by atoms with Gasteiger partial charge < -0.3 is 23.8 Å². The Morgan fingerprint density at radius 3 is 2.26 bits per heavy atom. The second kappa shape index (κ2) is 15.8. The maximum Gasteiger partial charge on any atom is 0.129 e. The molecule has 0 N–H and O–H groups in total. The zero-order chi connectivity index (χ0) is 24.6. The van der Waals surface area contributed by atoms with E-state index >= 15 is 0 Å². The van der Waals surface area contributed by atoms with Crippen molar-refractivity contribution in [1.29, 1.82) is 0 Å². The van der Waals surface area contributed by atoms with E-state index in [0.29, 0.717) is 26.4 Å². The number of allylic oxidation sites excluding steroid dienone is 1. The summed E-state index contributed by atoms with van der Waals surface area (Å²) in [6, 6.07) is 12.0. The summed E-state index contributed by atoms with van der Waals surface area (Å²) in [5, 5.41) is 3.83. The van der Waals surface area contributed by atoms with E-state index in [9.17, 15) is 0 Å². The van der Waals surface area contributed by atoms with E-state index in [-0.39, 0.29) is 0 Å². The van der Waals surface area contributed by atoms with Crippen LogP contribution in [-0.4, -0.2) is 39.2 Å². The molecule has 0 saturated heterocycles. The van der Waals surface area contributed by atoms with Gasteiger partial charge in [-0.25, -0.2) is 0 Å². The number of oxime groups is 1. The molecule has 0 fully saturated rings. The largest absolute Gasteiger partial charge is 0.493 e. The first-order valence-corrected chi connectivity index (χ1v) is 11.9. The molecule has 0 saturated carbocycles. The van der Waals surface area contributed by atoms with Crippen molar-refractivity contribution >= 4 is 5.71 Å². The van der Waals surface area contributed by atoms with Crippen LogP contribution in [0.25, 0.3) is 0 Å². The molecule has 0 atom stereocenters. The number of hydrogen-bond donors (Lipinski definition) is 0. The Kier molecular flexibility index (Phi) is 12.6. The van der Waals surface area contributed by atoms with Gasteiger partial charge in [-0.2, -0.15) is 0 Å². The van der Waals surface area contributed by atoms with E-state index in [1.54, 1.807) is 0 Å². The van der Waals surface area contributed by atoms with Crippen molar-refractivity contribution in [3.63, 3.8) is 0 Å². The maximum atomic E-state index is 6.05. The summed E-state index contributed by atoms with van der Waals surface area (Å²) in [6.45, 7) is 11.0. The summed E-state index contributed by atoms with van der Waals surface area (Å²) in [7, 11) is 1.53. The van der Waals surface area contributed by atoms with Gasteiger partial charge in [-0.1, -0.05) is 29.4 Å². The van der Waals surface area contributed by atoms with Crippen molar-refractivity contribution in [3.05, 3.63) is 65.2 Å². The Labute approximate surface area is 204 Å². The van der Waals surface area contributed by atoms with Crippen LogP contribution in [0, 0.1) is 13.8 Å². The molecule has 2 aromatic rings. The molecule has 2 aromatic carbocycles. The van der Waals surface area contributed by atoms with E-state index in [2.05, 4.69) is 19.0 Å². The summed E-state index contributed by atoms with van der Waals surface area (Å²) in [6.07, 6.45) is 7.06. The van der Waals surface area contributed by atoms with E-state index in [0.717, 1.165) is 65.5 Å². The van der Waals surface area contributed by atoms with Gasteiger partial charge in [0.25, 0.3) is 0 Å². The zero-order valence-electron chi connectivity index (χ0n) is 21.3. The highest BCUT2D eigenvalue weighted by Gasteiger charge is 2.07. The number of aryl methyl sites for hydroxylation is 2. The third kappa shape index (κ3) is 10.3. The van der Waals surface area contributed by atoms with Gasteiger partial charge in [0.05, 0.1) is 18.9 Å². The molecule has 0 aliphatic rings. The first-order valence-electron chi connectivity index (χ1n) is 11.9. The molecule has 34 heavy (non-hydrogen) atoms. The predicted octanol–water partition coefficient (Wildman–Crippen LogP) is 6.43. The Morgan fingerprint density at radius 1 is 0.882 bits per heavy atom. The fourth-order valence-corrected chi connectivity index (χ4v) is 3.36. The summed E-state index contributed by atoms with van der Waals surface area (Å²) in [4.78, 5) is 4.72. The predicted molar refractivity (Wildman–Crippen MR) is 137 cm³/mol. The number of benzene rings is 2. The molecule has 0 amide bonds. The molecule has 0 aromatic heterocycles. The molecule has 0 aliphatic carbocycles. The minimum absolute atomic E-state index is 0.406. The number of rotatable bonds is 16. The number of ether oxygens (including phenoxy) is 4. The monoisotopic (exact) mass is 469 g/mol. The van der Waals surface area contributed by atoms with Crippen molar-refractivity contribution in [3.8, 4) is 17.2 Å². The molecular formula is C28H39NO5. The minimum atomic E-state index is 0.406. The first-order chi connectivity index (χ1) is 16.5. The van der Waals surface area contributed by atoms with Crippen LogP contribution in [0.15, 0.2) is 53.7 Å². The molecule has 0 unspecified atom stereocenters. The normalized spacial score (nSPS) is 11.6. The Balaban J connectivity index is 1.58. The lowest BCUT2D eigenvalue weighted by Gasteiger charge is -2.14. The molecular weight excluding hydrogens is 430 g/mol. The van der Waals surface area contributed by atoms with Gasteiger partial charge in [-0.15, -0.1) is 0 Å². The molecule has 6 heteroatoms. The van der Waals surface area contributed by atoms with Crippen molar-refractivity contribution in [2.45, 2.75) is 53.6 Å². The lowest BCUT2D eigenvalue weighted by atomic mass is 10.1. The summed E-state index contributed by atoms with van der Waals surface area (Å²) in [5.41, 5.74) is 4.12. The topological polar surface area (TPSA) is 58.5 Å². The third-order valence-corrected chi connectivity index (χ3v) is 5.08. The highest BCUT2D eigenvalue weighted by molar-refractivity contribution is 5.82. The Bertz CT molecular complexity index is 883. The van der Waals surface area contributed by atoms with Crippen LogP contribution in [0.2, 0.25) is 0 Å². The van der Waals surface area contributed by atoms with Crippen LogP contribution in [-0.2, 0) is 16.2 Å². The lowest BCUT2D eigenvalue weighted by Crippen LogP contribution is -2.07. The molecule has 0 aliphatic heterocycles. The molecule has 186 valence electrons. The smallest absolute Gasteiger partial charge is 0.129 e. The number of nitrogens with zero attached hydrogens (tertiary/aromatic N) is 1. The fraction of sp³-hybridized carbons (Fsp3) is 0.464. The van der Waals surface area contributed by atoms with Gasteiger partial charge in [-0.3, -0.25) is 0 Å². The van der Waals surface area contributed by atoms with Gasteiger partial charge in [0.15, 0.2) is 0 Å². The quantitative estimate of drug-likeness (QED) is 0.123. The number of unbranched alkanes of at least 4 members (excludes halogenated alkanes) is 2. The third-order valence-electron chi connectivity index (χ3n) is 5.08. The zero-order valence-corrected chi connectivity index (χ0v) is 21.3. The van der Waals surface area contributed by atoms with E-state index in [1.807, 2.05) is 62.4 Å². The second-order valence-electron chi connectivity index (χ2n) is 8.17. The van der Waals surface area contributed by atoms with Gasteiger partial charge in [0.2, 0.25) is 0 Å². The first kappa shape index (κ1) is 27.3. The van der Waals surface area contributed by atoms with Crippen molar-refractivity contribution in [2.75, 3.05) is 33.5 Å². The Morgan fingerprint density at radius 2 is 1.59 bits per heavy atom. The van der Waals surface area contributed by atoms with Crippen molar-refractivity contribution < 1.29 is 23.8 Å². The van der Waals surface area contributed by atoms with E-state index in [4.69, 9.17) is 23.8 Å². The molecule has 0 radical (unpaired) electrons. The summed E-state index contributed by atoms with van der Waals surface area (Å²) in [5.74, 6) is 2.64. The van der Waals surface area contributed by atoms with Crippen LogP contribution < -0.4 is 14.2 Å². The van der Waals surface area contributed by atoms with Crippen LogP contribution in [0.3, 0.4) is 0 Å². The highest BCUT2D eigenvalue weighted by Crippen LogP contribution is 2.28. The van der Waals surface area contributed by atoms with Gasteiger partial charge in [0, 0.05) is 6.61 Å². The molecule has 2 rings (SSSR count). The molecule has 0 spiro atoms. The fourth-order valence-electron chi connectivity index (χ4n) is 3.36. The summed E-state index contributed by atoms with van der Waals surface area (Å²) >= 11 is 0. The highest BCUT2D eigenvalue weighted by atomic mass is 16.6. The lowest BCUT2D eigenvalue weighted by molar-refractivity contribution is 0.115. The number of hydrogen-bond acceptors (Lipinski definition) is 6. The van der Waals surface area contributed by atoms with Crippen LogP contribution in [0.5, 0.6) is 17.2 Å². The maximum absolute atomic E-state index is 6.05. The average molecular weight is 470 g/mol. The van der Waals surface area contributed by atoms with Gasteiger partial charge >= 0.3 is 0 Å². The SMILES string of the molecule is C/C=C/COc1cc(C)c(OCCCCCOCc2ccc(OCC(C)=NOC)cc2)c(C)c1. The molecule has 6 nitrogen and oxygen atoms in total. The average Bonchev–Trinajstić information content (AvgIpc) is 2.82. The van der Waals surface area contributed by atoms with E-state index in [1.165, 1.54) is 7.11 Å². The van der Waals surface area contributed by atoms with Gasteiger partial charge in [0.1, 0.15) is 37.6 Å². The molecule has 0 bridgehead atoms. The minimum Gasteiger partial charge on any atom is -0.493 e.